The van der Waals surface area contributed by atoms with Crippen LogP contribution >= 0.6 is 34.8 Å². The van der Waals surface area contributed by atoms with Gasteiger partial charge in [-0.25, -0.2) is 0 Å². The molecule has 0 radical (unpaired) electrons. The molecule has 1 aliphatic rings. The van der Waals surface area contributed by atoms with Crippen molar-refractivity contribution >= 4 is 34.8 Å². The minimum absolute atomic E-state index is 0.157. The standard InChI is InChI=1S/C16H22Cl3N/c1-9(10-6-7-11(17)14(19)13(10)18)20-8-12-15(2,3)16(12,4)5/h6-7,9,12,20H,8H2,1-5H3. The lowest BCUT2D eigenvalue weighted by molar-refractivity contribution is 0.457. The molecule has 1 unspecified atom stereocenters. The molecule has 0 aromatic heterocycles. The van der Waals surface area contributed by atoms with Crippen LogP contribution in [-0.4, -0.2) is 6.54 Å². The summed E-state index contributed by atoms with van der Waals surface area (Å²) in [7, 11) is 0. The lowest BCUT2D eigenvalue weighted by Gasteiger charge is -2.17. The Kier molecular flexibility index (Phi) is 4.40. The molecule has 1 aliphatic carbocycles. The molecule has 0 bridgehead atoms. The van der Waals surface area contributed by atoms with E-state index in [9.17, 15) is 0 Å². The maximum Gasteiger partial charge on any atom is 0.0781 e. The minimum Gasteiger partial charge on any atom is -0.310 e. The van der Waals surface area contributed by atoms with E-state index < -0.39 is 0 Å². The summed E-state index contributed by atoms with van der Waals surface area (Å²) < 4.78 is 0. The lowest BCUT2D eigenvalue weighted by Crippen LogP contribution is -2.23. The van der Waals surface area contributed by atoms with Gasteiger partial charge >= 0.3 is 0 Å². The van der Waals surface area contributed by atoms with E-state index >= 15 is 0 Å². The fourth-order valence-corrected chi connectivity index (χ4v) is 3.83. The average Bonchev–Trinajstić information content (AvgIpc) is 2.74. The van der Waals surface area contributed by atoms with Crippen LogP contribution in [0.3, 0.4) is 0 Å². The van der Waals surface area contributed by atoms with Crippen LogP contribution in [0.1, 0.15) is 46.2 Å². The van der Waals surface area contributed by atoms with E-state index in [1.165, 1.54) is 0 Å². The van der Waals surface area contributed by atoms with Crippen molar-refractivity contribution in [2.75, 3.05) is 6.54 Å². The van der Waals surface area contributed by atoms with Crippen molar-refractivity contribution < 1.29 is 0 Å². The van der Waals surface area contributed by atoms with Crippen LogP contribution in [0.5, 0.6) is 0 Å². The van der Waals surface area contributed by atoms with E-state index in [-0.39, 0.29) is 6.04 Å². The molecule has 4 heteroatoms. The summed E-state index contributed by atoms with van der Waals surface area (Å²) in [6.45, 7) is 12.4. The molecule has 0 heterocycles. The van der Waals surface area contributed by atoms with Crippen molar-refractivity contribution in [2.24, 2.45) is 16.7 Å². The third-order valence-corrected chi connectivity index (χ3v) is 6.79. The first kappa shape index (κ1) is 16.4. The van der Waals surface area contributed by atoms with Gasteiger partial charge in [-0.3, -0.25) is 0 Å². The number of hydrogen-bond donors (Lipinski definition) is 1. The third-order valence-electron chi connectivity index (χ3n) is 5.48. The normalized spacial score (nSPS) is 21.8. The maximum atomic E-state index is 6.28. The highest BCUT2D eigenvalue weighted by atomic mass is 35.5. The van der Waals surface area contributed by atoms with Gasteiger partial charge in [0.1, 0.15) is 0 Å². The molecule has 0 aliphatic heterocycles. The minimum atomic E-state index is 0.157. The van der Waals surface area contributed by atoms with Gasteiger partial charge in [-0.2, -0.15) is 0 Å². The Labute approximate surface area is 137 Å². The first-order chi connectivity index (χ1) is 9.10. The molecule has 1 nitrogen and oxygen atoms in total. The van der Waals surface area contributed by atoms with Crippen LogP contribution < -0.4 is 5.32 Å². The van der Waals surface area contributed by atoms with E-state index in [1.807, 2.05) is 6.07 Å². The van der Waals surface area contributed by atoms with Crippen molar-refractivity contribution in [2.45, 2.75) is 40.7 Å². The zero-order valence-electron chi connectivity index (χ0n) is 12.7. The third kappa shape index (κ3) is 2.59. The van der Waals surface area contributed by atoms with Gasteiger partial charge < -0.3 is 5.32 Å². The van der Waals surface area contributed by atoms with Crippen LogP contribution in [0.4, 0.5) is 0 Å². The second kappa shape index (κ2) is 5.35. The van der Waals surface area contributed by atoms with Crippen LogP contribution in [-0.2, 0) is 0 Å². The van der Waals surface area contributed by atoms with E-state index in [2.05, 4.69) is 39.9 Å². The molecule has 1 atom stereocenters. The largest absolute Gasteiger partial charge is 0.310 e. The summed E-state index contributed by atoms with van der Waals surface area (Å²) in [4.78, 5) is 0. The Balaban J connectivity index is 2.04. The zero-order chi connectivity index (χ0) is 15.3. The Bertz CT molecular complexity index is 509. The quantitative estimate of drug-likeness (QED) is 0.668. The second-order valence-electron chi connectivity index (χ2n) is 6.89. The van der Waals surface area contributed by atoms with E-state index in [4.69, 9.17) is 34.8 Å². The topological polar surface area (TPSA) is 12.0 Å². The predicted molar refractivity (Wildman–Crippen MR) is 88.9 cm³/mol. The molecule has 0 spiro atoms. The molecule has 1 saturated carbocycles. The lowest BCUT2D eigenvalue weighted by atomic mass is 10.0. The highest BCUT2D eigenvalue weighted by Gasteiger charge is 2.63. The summed E-state index contributed by atoms with van der Waals surface area (Å²) in [6, 6.07) is 3.90. The summed E-state index contributed by atoms with van der Waals surface area (Å²) in [5.41, 5.74) is 1.78. The smallest absolute Gasteiger partial charge is 0.0781 e. The molecule has 0 saturated heterocycles. The Morgan fingerprint density at radius 3 is 2.10 bits per heavy atom. The first-order valence-corrected chi connectivity index (χ1v) is 8.11. The number of hydrogen-bond acceptors (Lipinski definition) is 1. The van der Waals surface area contributed by atoms with Crippen LogP contribution in [0.15, 0.2) is 12.1 Å². The van der Waals surface area contributed by atoms with Crippen molar-refractivity contribution in [1.82, 2.24) is 5.32 Å². The van der Waals surface area contributed by atoms with Gasteiger partial charge in [0.05, 0.1) is 15.1 Å². The number of benzene rings is 1. The van der Waals surface area contributed by atoms with Crippen molar-refractivity contribution in [3.63, 3.8) is 0 Å². The van der Waals surface area contributed by atoms with Gasteiger partial charge in [-0.1, -0.05) is 68.6 Å². The summed E-state index contributed by atoms with van der Waals surface area (Å²) >= 11 is 18.3. The van der Waals surface area contributed by atoms with E-state index in [0.717, 1.165) is 12.1 Å². The molecule has 1 aromatic rings. The van der Waals surface area contributed by atoms with Gasteiger partial charge in [-0.15, -0.1) is 0 Å². The van der Waals surface area contributed by atoms with Crippen molar-refractivity contribution in [1.29, 1.82) is 0 Å². The van der Waals surface area contributed by atoms with Gasteiger partial charge in [0.15, 0.2) is 0 Å². The van der Waals surface area contributed by atoms with Crippen molar-refractivity contribution in [3.05, 3.63) is 32.8 Å². The molecule has 1 aromatic carbocycles. The Hall–Kier alpha value is 0.0500. The number of rotatable bonds is 4. The average molecular weight is 335 g/mol. The van der Waals surface area contributed by atoms with Crippen LogP contribution in [0.25, 0.3) is 0 Å². The van der Waals surface area contributed by atoms with E-state index in [0.29, 0.717) is 31.8 Å². The second-order valence-corrected chi connectivity index (χ2v) is 8.05. The molecular formula is C16H22Cl3N. The summed E-state index contributed by atoms with van der Waals surface area (Å²) in [6.07, 6.45) is 0. The Morgan fingerprint density at radius 2 is 1.60 bits per heavy atom. The predicted octanol–water partition coefficient (Wildman–Crippen LogP) is 5.98. The van der Waals surface area contributed by atoms with Gasteiger partial charge in [0.2, 0.25) is 0 Å². The molecular weight excluding hydrogens is 313 g/mol. The van der Waals surface area contributed by atoms with Gasteiger partial charge in [0.25, 0.3) is 0 Å². The zero-order valence-corrected chi connectivity index (χ0v) is 14.9. The molecule has 20 heavy (non-hydrogen) atoms. The van der Waals surface area contributed by atoms with Crippen molar-refractivity contribution in [3.8, 4) is 0 Å². The highest BCUT2D eigenvalue weighted by molar-refractivity contribution is 6.48. The fourth-order valence-electron chi connectivity index (χ4n) is 3.12. The molecule has 112 valence electrons. The highest BCUT2D eigenvalue weighted by Crippen LogP contribution is 2.68. The number of nitrogens with one attached hydrogen (secondary N) is 1. The van der Waals surface area contributed by atoms with Crippen LogP contribution in [0, 0.1) is 16.7 Å². The molecule has 2 rings (SSSR count). The summed E-state index contributed by atoms with van der Waals surface area (Å²) in [5, 5.41) is 5.06. The Morgan fingerprint density at radius 1 is 1.05 bits per heavy atom. The SMILES string of the molecule is CC(NCC1C(C)(C)C1(C)C)c1ccc(Cl)c(Cl)c1Cl. The number of halogens is 3. The fraction of sp³-hybridized carbons (Fsp3) is 0.625. The molecule has 1 fully saturated rings. The first-order valence-electron chi connectivity index (χ1n) is 6.97. The molecule has 0 amide bonds. The van der Waals surface area contributed by atoms with Gasteiger partial charge in [0, 0.05) is 6.04 Å². The van der Waals surface area contributed by atoms with E-state index in [1.54, 1.807) is 6.07 Å². The van der Waals surface area contributed by atoms with Gasteiger partial charge in [-0.05, 0) is 41.8 Å². The maximum absolute atomic E-state index is 6.28. The molecule has 1 N–H and O–H groups in total. The van der Waals surface area contributed by atoms with Crippen LogP contribution in [0.2, 0.25) is 15.1 Å². The summed E-state index contributed by atoms with van der Waals surface area (Å²) in [5.74, 6) is 0.680. The monoisotopic (exact) mass is 333 g/mol.